The standard InChI is InChI=1S/C32H26ClF3N6O3/c1-45-28-17-21(8-9-27(28)33)29-26(20-10-12-37-13-11-20)19-42(41-29)25-7-3-6-24(18-25)40-31(44)39-15-14-38-30(43)22-4-2-5-23(16-22)32(34,35)36/h2-13,16-19H,14-15H2,1H3,(H,38,43)(H2,39,40,44). The lowest BCUT2D eigenvalue weighted by Gasteiger charge is -2.11. The highest BCUT2D eigenvalue weighted by Crippen LogP contribution is 2.36. The highest BCUT2D eigenvalue weighted by atomic mass is 35.5. The molecule has 13 heteroatoms. The highest BCUT2D eigenvalue weighted by molar-refractivity contribution is 6.32. The summed E-state index contributed by atoms with van der Waals surface area (Å²) >= 11 is 6.25. The van der Waals surface area contributed by atoms with Crippen molar-refractivity contribution in [2.24, 2.45) is 0 Å². The molecule has 2 aromatic heterocycles. The van der Waals surface area contributed by atoms with Crippen LogP contribution in [0.5, 0.6) is 5.75 Å². The van der Waals surface area contributed by atoms with E-state index in [0.717, 1.165) is 34.9 Å². The summed E-state index contributed by atoms with van der Waals surface area (Å²) in [6, 6.07) is 19.8. The molecule has 230 valence electrons. The first-order valence-corrected chi connectivity index (χ1v) is 13.9. The Labute approximate surface area is 261 Å². The van der Waals surface area contributed by atoms with Crippen LogP contribution < -0.4 is 20.7 Å². The van der Waals surface area contributed by atoms with Gasteiger partial charge in [0.05, 0.1) is 23.4 Å². The summed E-state index contributed by atoms with van der Waals surface area (Å²) in [5.41, 5.74) is 3.31. The largest absolute Gasteiger partial charge is 0.495 e. The number of rotatable bonds is 9. The number of pyridine rings is 1. The van der Waals surface area contributed by atoms with E-state index in [4.69, 9.17) is 21.4 Å². The number of nitrogens with one attached hydrogen (secondary N) is 3. The lowest BCUT2D eigenvalue weighted by Crippen LogP contribution is -2.36. The first kappa shape index (κ1) is 31.1. The minimum atomic E-state index is -4.56. The first-order valence-electron chi connectivity index (χ1n) is 13.6. The Balaban J connectivity index is 1.25. The summed E-state index contributed by atoms with van der Waals surface area (Å²) in [6.45, 7) is 0.0461. The molecule has 3 aromatic carbocycles. The minimum Gasteiger partial charge on any atom is -0.495 e. The Bertz CT molecular complexity index is 1830. The number of methoxy groups -OCH3 is 1. The minimum absolute atomic E-state index is 0.00582. The fraction of sp³-hybridized carbons (Fsp3) is 0.125. The van der Waals surface area contributed by atoms with Crippen LogP contribution in [-0.4, -0.2) is 46.9 Å². The number of aromatic nitrogens is 3. The zero-order valence-electron chi connectivity index (χ0n) is 23.7. The average Bonchev–Trinajstić information content (AvgIpc) is 3.49. The third-order valence-corrected chi connectivity index (χ3v) is 6.96. The van der Waals surface area contributed by atoms with Crippen molar-refractivity contribution in [2.45, 2.75) is 6.18 Å². The number of nitrogens with zero attached hydrogens (tertiary/aromatic N) is 3. The summed E-state index contributed by atoms with van der Waals surface area (Å²) in [7, 11) is 1.54. The van der Waals surface area contributed by atoms with Crippen LogP contribution in [0.15, 0.2) is 97.5 Å². The van der Waals surface area contributed by atoms with Crippen LogP contribution >= 0.6 is 11.6 Å². The van der Waals surface area contributed by atoms with Gasteiger partial charge in [0, 0.05) is 54.1 Å². The zero-order chi connectivity index (χ0) is 32.0. The summed E-state index contributed by atoms with van der Waals surface area (Å²) in [4.78, 5) is 28.9. The second-order valence-corrected chi connectivity index (χ2v) is 10.1. The van der Waals surface area contributed by atoms with E-state index < -0.39 is 23.7 Å². The lowest BCUT2D eigenvalue weighted by atomic mass is 10.0. The number of halogens is 4. The molecule has 9 nitrogen and oxygen atoms in total. The number of carbonyl (C=O) groups excluding carboxylic acids is 2. The predicted molar refractivity (Wildman–Crippen MR) is 165 cm³/mol. The quantitative estimate of drug-likeness (QED) is 0.154. The SMILES string of the molecule is COc1cc(-c2nn(-c3cccc(NC(=O)NCCNC(=O)c4cccc(C(F)(F)F)c4)c3)cc2-c2ccncc2)ccc1Cl. The van der Waals surface area contributed by atoms with Crippen molar-refractivity contribution in [2.75, 3.05) is 25.5 Å². The predicted octanol–water partition coefficient (Wildman–Crippen LogP) is 6.83. The molecule has 0 aliphatic heterocycles. The lowest BCUT2D eigenvalue weighted by molar-refractivity contribution is -0.137. The van der Waals surface area contributed by atoms with Gasteiger partial charge in [-0.1, -0.05) is 29.8 Å². The molecular formula is C32H26ClF3N6O3. The molecule has 45 heavy (non-hydrogen) atoms. The Morgan fingerprint density at radius 1 is 0.911 bits per heavy atom. The van der Waals surface area contributed by atoms with E-state index >= 15 is 0 Å². The van der Waals surface area contributed by atoms with Gasteiger partial charge < -0.3 is 20.7 Å². The second-order valence-electron chi connectivity index (χ2n) is 9.69. The van der Waals surface area contributed by atoms with Gasteiger partial charge >= 0.3 is 12.2 Å². The van der Waals surface area contributed by atoms with Gasteiger partial charge in [-0.25, -0.2) is 9.48 Å². The van der Waals surface area contributed by atoms with Crippen LogP contribution in [0.1, 0.15) is 15.9 Å². The van der Waals surface area contributed by atoms with Gasteiger partial charge in [-0.3, -0.25) is 9.78 Å². The van der Waals surface area contributed by atoms with Crippen molar-refractivity contribution in [3.63, 3.8) is 0 Å². The summed E-state index contributed by atoms with van der Waals surface area (Å²) < 4.78 is 45.9. The molecule has 0 aliphatic rings. The van der Waals surface area contributed by atoms with Crippen molar-refractivity contribution in [3.8, 4) is 33.8 Å². The van der Waals surface area contributed by atoms with E-state index in [2.05, 4.69) is 20.9 Å². The first-order chi connectivity index (χ1) is 21.6. The molecule has 2 heterocycles. The number of hydrogen-bond acceptors (Lipinski definition) is 5. The molecule has 0 bridgehead atoms. The molecule has 0 saturated carbocycles. The van der Waals surface area contributed by atoms with Crippen molar-refractivity contribution < 1.29 is 27.5 Å². The number of alkyl halides is 3. The number of ether oxygens (including phenoxy) is 1. The fourth-order valence-electron chi connectivity index (χ4n) is 4.46. The van der Waals surface area contributed by atoms with Gasteiger partial charge in [-0.05, 0) is 66.2 Å². The van der Waals surface area contributed by atoms with E-state index in [-0.39, 0.29) is 18.7 Å². The van der Waals surface area contributed by atoms with Crippen LogP contribution in [-0.2, 0) is 6.18 Å². The van der Waals surface area contributed by atoms with Crippen LogP contribution in [0.3, 0.4) is 0 Å². The Morgan fingerprint density at radius 2 is 1.67 bits per heavy atom. The van der Waals surface area contributed by atoms with Crippen LogP contribution in [0.25, 0.3) is 28.1 Å². The average molecular weight is 635 g/mol. The third-order valence-electron chi connectivity index (χ3n) is 6.65. The van der Waals surface area contributed by atoms with Crippen molar-refractivity contribution in [1.82, 2.24) is 25.4 Å². The van der Waals surface area contributed by atoms with Crippen molar-refractivity contribution >= 4 is 29.2 Å². The van der Waals surface area contributed by atoms with E-state index in [0.29, 0.717) is 27.8 Å². The Hall–Kier alpha value is -5.36. The molecule has 0 saturated heterocycles. The van der Waals surface area contributed by atoms with Crippen molar-refractivity contribution in [3.05, 3.63) is 114 Å². The molecule has 5 rings (SSSR count). The number of carbonyl (C=O) groups is 2. The highest BCUT2D eigenvalue weighted by Gasteiger charge is 2.30. The van der Waals surface area contributed by atoms with Gasteiger partial charge in [-0.15, -0.1) is 0 Å². The van der Waals surface area contributed by atoms with E-state index in [9.17, 15) is 22.8 Å². The molecule has 0 atom stereocenters. The van der Waals surface area contributed by atoms with Gasteiger partial charge in [0.1, 0.15) is 11.4 Å². The molecule has 0 unspecified atom stereocenters. The molecule has 5 aromatic rings. The summed E-state index contributed by atoms with van der Waals surface area (Å²) in [5.74, 6) is -0.172. The normalized spacial score (nSPS) is 11.1. The van der Waals surface area contributed by atoms with Crippen LogP contribution in [0.2, 0.25) is 5.02 Å². The summed E-state index contributed by atoms with van der Waals surface area (Å²) in [5, 5.41) is 13.1. The molecule has 0 spiro atoms. The molecule has 0 aliphatic carbocycles. The van der Waals surface area contributed by atoms with Crippen molar-refractivity contribution in [1.29, 1.82) is 0 Å². The number of amides is 3. The molecular weight excluding hydrogens is 609 g/mol. The maximum Gasteiger partial charge on any atom is 0.416 e. The van der Waals surface area contributed by atoms with Gasteiger partial charge in [0.2, 0.25) is 0 Å². The Morgan fingerprint density at radius 3 is 2.42 bits per heavy atom. The molecule has 3 N–H and O–H groups in total. The fourth-order valence-corrected chi connectivity index (χ4v) is 4.66. The van der Waals surface area contributed by atoms with Gasteiger partial charge in [0.15, 0.2) is 0 Å². The molecule has 0 fully saturated rings. The molecule has 3 amide bonds. The molecule has 0 radical (unpaired) electrons. The zero-order valence-corrected chi connectivity index (χ0v) is 24.5. The van der Waals surface area contributed by atoms with Crippen LogP contribution in [0.4, 0.5) is 23.7 Å². The Kier molecular flexibility index (Phi) is 9.33. The van der Waals surface area contributed by atoms with Gasteiger partial charge in [0.25, 0.3) is 5.91 Å². The second kappa shape index (κ2) is 13.5. The maximum atomic E-state index is 12.9. The third kappa shape index (κ3) is 7.60. The number of anilines is 1. The maximum absolute atomic E-state index is 12.9. The monoisotopic (exact) mass is 634 g/mol. The van der Waals surface area contributed by atoms with E-state index in [1.54, 1.807) is 48.5 Å². The van der Waals surface area contributed by atoms with E-state index in [1.807, 2.05) is 36.5 Å². The topological polar surface area (TPSA) is 110 Å². The van der Waals surface area contributed by atoms with Crippen LogP contribution in [0, 0.1) is 0 Å². The number of benzene rings is 3. The summed E-state index contributed by atoms with van der Waals surface area (Å²) in [6.07, 6.45) is 0.704. The smallest absolute Gasteiger partial charge is 0.416 e. The van der Waals surface area contributed by atoms with E-state index in [1.165, 1.54) is 6.07 Å². The van der Waals surface area contributed by atoms with Gasteiger partial charge in [-0.2, -0.15) is 18.3 Å². The number of urea groups is 1. The number of hydrogen-bond donors (Lipinski definition) is 3.